The van der Waals surface area contributed by atoms with Crippen molar-refractivity contribution in [1.82, 2.24) is 5.32 Å². The lowest BCUT2D eigenvalue weighted by atomic mass is 9.50. The van der Waals surface area contributed by atoms with Crippen LogP contribution in [0.25, 0.3) is 0 Å². The summed E-state index contributed by atoms with van der Waals surface area (Å²) >= 11 is 0. The second-order valence-corrected chi connectivity index (χ2v) is 13.2. The summed E-state index contributed by atoms with van der Waals surface area (Å²) in [5.41, 5.74) is 6.46. The summed E-state index contributed by atoms with van der Waals surface area (Å²) in [5.74, 6) is 1.36. The van der Waals surface area contributed by atoms with Gasteiger partial charge in [-0.25, -0.2) is 0 Å². The lowest BCUT2D eigenvalue weighted by molar-refractivity contribution is -0.114. The highest BCUT2D eigenvalue weighted by Crippen LogP contribution is 2.70. The predicted octanol–water partition coefficient (Wildman–Crippen LogP) is 5.80. The van der Waals surface area contributed by atoms with Gasteiger partial charge in [0.25, 0.3) is 5.91 Å². The fourth-order valence-electron chi connectivity index (χ4n) is 8.70. The van der Waals surface area contributed by atoms with Gasteiger partial charge in [-0.2, -0.15) is 0 Å². The molecule has 0 radical (unpaired) electrons. The molecule has 5 nitrogen and oxygen atoms in total. The molecule has 5 aliphatic rings. The summed E-state index contributed by atoms with van der Waals surface area (Å²) in [4.78, 5) is 25.2. The molecule has 0 aromatic heterocycles. The lowest BCUT2D eigenvalue weighted by Gasteiger charge is -2.55. The van der Waals surface area contributed by atoms with E-state index in [0.29, 0.717) is 23.8 Å². The first-order valence-corrected chi connectivity index (χ1v) is 14.4. The number of aliphatic hydroxyl groups excluding tert-OH is 1. The molecule has 1 saturated heterocycles. The molecular formula is C33H41NO4. The van der Waals surface area contributed by atoms with Crippen LogP contribution in [0.2, 0.25) is 0 Å². The summed E-state index contributed by atoms with van der Waals surface area (Å²) in [5, 5.41) is 12.5. The maximum atomic E-state index is 12.9. The van der Waals surface area contributed by atoms with Crippen LogP contribution in [0.5, 0.6) is 0 Å². The van der Waals surface area contributed by atoms with Crippen molar-refractivity contribution in [3.05, 3.63) is 70.3 Å². The smallest absolute Gasteiger partial charge is 0.251 e. The standard InChI is InChI=1S/C33H41NO4/c1-20-14-16-38-33(20)15-13-28-26-11-9-23-17-24(36)10-12-25(23)29(26)27(18-32(28,33)4)21-5-7-22(8-6-21)30(37)34-31(2,3)19-35/h5-8,17,26-28,35H,1,9-16,18-19H2,2-4H3,(H,34,37)/t26-,27+,28-,32-,33-/m0/s1. The van der Waals surface area contributed by atoms with E-state index >= 15 is 0 Å². The third-order valence-corrected chi connectivity index (χ3v) is 10.6. The van der Waals surface area contributed by atoms with E-state index in [9.17, 15) is 14.7 Å². The molecule has 1 aromatic rings. The van der Waals surface area contributed by atoms with Crippen molar-refractivity contribution in [2.75, 3.05) is 13.2 Å². The Bertz CT molecular complexity index is 1250. The van der Waals surface area contributed by atoms with E-state index in [4.69, 9.17) is 4.74 Å². The minimum absolute atomic E-state index is 0.00682. The van der Waals surface area contributed by atoms with Gasteiger partial charge < -0.3 is 15.2 Å². The average Bonchev–Trinajstić information content (AvgIpc) is 3.43. The van der Waals surface area contributed by atoms with Gasteiger partial charge >= 0.3 is 0 Å². The molecule has 0 unspecified atom stereocenters. The Balaban J connectivity index is 1.42. The fourth-order valence-corrected chi connectivity index (χ4v) is 8.70. The Hall–Kier alpha value is -2.50. The van der Waals surface area contributed by atoms with Gasteiger partial charge in [-0.15, -0.1) is 0 Å². The second-order valence-electron chi connectivity index (χ2n) is 13.2. The maximum absolute atomic E-state index is 12.9. The van der Waals surface area contributed by atoms with Crippen molar-refractivity contribution in [2.24, 2.45) is 17.3 Å². The highest BCUT2D eigenvalue weighted by Gasteiger charge is 2.65. The summed E-state index contributed by atoms with van der Waals surface area (Å²) in [6, 6.07) is 8.09. The Morgan fingerprint density at radius 1 is 1.16 bits per heavy atom. The van der Waals surface area contributed by atoms with E-state index in [1.165, 1.54) is 28.7 Å². The summed E-state index contributed by atoms with van der Waals surface area (Å²) in [7, 11) is 0. The Morgan fingerprint density at radius 3 is 2.61 bits per heavy atom. The zero-order valence-electron chi connectivity index (χ0n) is 23.1. The molecule has 4 aliphatic carbocycles. The van der Waals surface area contributed by atoms with Crippen LogP contribution in [0.1, 0.15) is 94.0 Å². The van der Waals surface area contributed by atoms with Crippen LogP contribution in [0, 0.1) is 17.3 Å². The first-order chi connectivity index (χ1) is 18.1. The largest absolute Gasteiger partial charge is 0.394 e. The third-order valence-electron chi connectivity index (χ3n) is 10.6. The van der Waals surface area contributed by atoms with Crippen LogP contribution in [-0.2, 0) is 9.53 Å². The normalized spacial score (nSPS) is 34.6. The van der Waals surface area contributed by atoms with E-state index in [0.717, 1.165) is 45.1 Å². The van der Waals surface area contributed by atoms with Crippen molar-refractivity contribution in [2.45, 2.75) is 89.2 Å². The van der Waals surface area contributed by atoms with Gasteiger partial charge in [-0.1, -0.05) is 31.2 Å². The summed E-state index contributed by atoms with van der Waals surface area (Å²) in [6.45, 7) is 11.3. The molecule has 1 aliphatic heterocycles. The lowest BCUT2D eigenvalue weighted by Crippen LogP contribution is -2.52. The van der Waals surface area contributed by atoms with Gasteiger partial charge in [-0.05, 0) is 111 Å². The highest BCUT2D eigenvalue weighted by molar-refractivity contribution is 5.95. The molecular weight excluding hydrogens is 474 g/mol. The summed E-state index contributed by atoms with van der Waals surface area (Å²) in [6.07, 6.45) is 9.62. The number of benzene rings is 1. The van der Waals surface area contributed by atoms with Crippen LogP contribution in [0.4, 0.5) is 0 Å². The maximum Gasteiger partial charge on any atom is 0.251 e. The molecule has 2 saturated carbocycles. The summed E-state index contributed by atoms with van der Waals surface area (Å²) < 4.78 is 6.63. The van der Waals surface area contributed by atoms with Crippen molar-refractivity contribution < 1.29 is 19.4 Å². The SMILES string of the molecule is C=C1CCO[C@@]12CC[C@H]1[C@@H]3CCC4=CC(=O)CCC4=C3[C@@H](c3ccc(C(=O)NC(C)(C)CO)cc3)C[C@@]12C. The van der Waals surface area contributed by atoms with Gasteiger partial charge in [0.2, 0.25) is 0 Å². The molecule has 1 spiro atoms. The first kappa shape index (κ1) is 25.8. The Morgan fingerprint density at radius 2 is 1.92 bits per heavy atom. The van der Waals surface area contributed by atoms with Crippen molar-refractivity contribution >= 4 is 11.7 Å². The molecule has 6 rings (SSSR count). The van der Waals surface area contributed by atoms with Gasteiger partial charge in [0.1, 0.15) is 0 Å². The number of rotatable bonds is 4. The number of hydrogen-bond acceptors (Lipinski definition) is 4. The van der Waals surface area contributed by atoms with Crippen LogP contribution >= 0.6 is 0 Å². The zero-order valence-corrected chi connectivity index (χ0v) is 23.1. The number of fused-ring (bicyclic) bond motifs is 5. The molecule has 1 aromatic carbocycles. The zero-order chi connectivity index (χ0) is 26.9. The number of allylic oxidation sites excluding steroid dienone is 4. The molecule has 1 amide bonds. The van der Waals surface area contributed by atoms with E-state index in [1.54, 1.807) is 5.57 Å². The van der Waals surface area contributed by atoms with Crippen LogP contribution in [-0.4, -0.2) is 41.2 Å². The van der Waals surface area contributed by atoms with Crippen LogP contribution < -0.4 is 5.32 Å². The van der Waals surface area contributed by atoms with E-state index in [1.807, 2.05) is 32.1 Å². The number of carbonyl (C=O) groups excluding carboxylic acids is 2. The predicted molar refractivity (Wildman–Crippen MR) is 148 cm³/mol. The van der Waals surface area contributed by atoms with Crippen molar-refractivity contribution in [3.8, 4) is 0 Å². The van der Waals surface area contributed by atoms with Gasteiger partial charge in [0.05, 0.1) is 24.4 Å². The minimum atomic E-state index is -0.674. The highest BCUT2D eigenvalue weighted by atomic mass is 16.5. The molecule has 0 bridgehead atoms. The molecule has 3 fully saturated rings. The topological polar surface area (TPSA) is 75.6 Å². The van der Waals surface area contributed by atoms with Gasteiger partial charge in [-0.3, -0.25) is 9.59 Å². The molecule has 5 heteroatoms. The molecule has 38 heavy (non-hydrogen) atoms. The third kappa shape index (κ3) is 3.80. The van der Waals surface area contributed by atoms with Gasteiger partial charge in [0.15, 0.2) is 5.78 Å². The first-order valence-electron chi connectivity index (χ1n) is 14.4. The Labute approximate surface area is 226 Å². The van der Waals surface area contributed by atoms with E-state index in [2.05, 4.69) is 31.0 Å². The number of carbonyl (C=O) groups is 2. The monoisotopic (exact) mass is 515 g/mol. The molecule has 1 heterocycles. The fraction of sp³-hybridized carbons (Fsp3) is 0.576. The molecule has 202 valence electrons. The van der Waals surface area contributed by atoms with E-state index in [-0.39, 0.29) is 35.2 Å². The number of aliphatic hydroxyl groups is 1. The number of amides is 1. The van der Waals surface area contributed by atoms with Crippen LogP contribution in [0.3, 0.4) is 0 Å². The average molecular weight is 516 g/mol. The number of ketones is 1. The Kier molecular flexibility index (Phi) is 6.12. The minimum Gasteiger partial charge on any atom is -0.394 e. The van der Waals surface area contributed by atoms with Gasteiger partial charge in [0, 0.05) is 23.3 Å². The van der Waals surface area contributed by atoms with E-state index < -0.39 is 5.54 Å². The quantitative estimate of drug-likeness (QED) is 0.497. The molecule has 5 atom stereocenters. The number of hydrogen-bond donors (Lipinski definition) is 2. The van der Waals surface area contributed by atoms with Crippen molar-refractivity contribution in [1.29, 1.82) is 0 Å². The van der Waals surface area contributed by atoms with Crippen molar-refractivity contribution in [3.63, 3.8) is 0 Å². The number of nitrogens with one attached hydrogen (secondary N) is 1. The molecule has 2 N–H and O–H groups in total. The number of ether oxygens (including phenoxy) is 1. The van der Waals surface area contributed by atoms with Crippen LogP contribution in [0.15, 0.2) is 59.2 Å². The second kappa shape index (κ2) is 9.02.